The number of benzene rings is 1. The van der Waals surface area contributed by atoms with Crippen molar-refractivity contribution >= 4 is 23.8 Å². The predicted octanol–water partition coefficient (Wildman–Crippen LogP) is 1.86. The van der Waals surface area contributed by atoms with E-state index >= 15 is 0 Å². The quantitative estimate of drug-likeness (QED) is 0.535. The fraction of sp³-hybridized carbons (Fsp3) is 0.286. The second-order valence-electron chi connectivity index (χ2n) is 7.72. The van der Waals surface area contributed by atoms with Gasteiger partial charge in [-0.25, -0.2) is 4.79 Å². The molecule has 2 atom stereocenters. The van der Waals surface area contributed by atoms with Crippen LogP contribution in [0.4, 0.5) is 10.5 Å². The Bertz CT molecular complexity index is 1060. The zero-order chi connectivity index (χ0) is 22.2. The van der Waals surface area contributed by atoms with Gasteiger partial charge in [0.05, 0.1) is 36.2 Å². The smallest absolute Gasteiger partial charge is 0.319 e. The zero-order valence-corrected chi connectivity index (χ0v) is 17.4. The maximum absolute atomic E-state index is 13.2. The molecule has 10 nitrogen and oxygen atoms in total. The molecule has 1 aliphatic carbocycles. The zero-order valence-electron chi connectivity index (χ0n) is 17.4. The Morgan fingerprint density at radius 2 is 2.23 bits per heavy atom. The Balaban J connectivity index is 1.62. The predicted molar refractivity (Wildman–Crippen MR) is 115 cm³/mol. The van der Waals surface area contributed by atoms with Gasteiger partial charge in [-0.15, -0.1) is 0 Å². The third-order valence-corrected chi connectivity index (χ3v) is 5.55. The van der Waals surface area contributed by atoms with Crippen molar-refractivity contribution in [1.82, 2.24) is 21.4 Å². The van der Waals surface area contributed by atoms with E-state index in [2.05, 4.69) is 26.5 Å². The molecule has 0 fully saturated rings. The lowest BCUT2D eigenvalue weighted by Gasteiger charge is -2.31. The molecular weight excluding hydrogens is 400 g/mol. The van der Waals surface area contributed by atoms with Crippen LogP contribution < -0.4 is 26.6 Å². The van der Waals surface area contributed by atoms with Crippen molar-refractivity contribution in [2.24, 2.45) is 5.10 Å². The summed E-state index contributed by atoms with van der Waals surface area (Å²) in [6.45, 7) is 3.70. The van der Waals surface area contributed by atoms with Crippen LogP contribution in [0.1, 0.15) is 31.9 Å². The molecule has 3 amide bonds. The van der Waals surface area contributed by atoms with Crippen molar-refractivity contribution in [3.05, 3.63) is 69.7 Å². The topological polar surface area (TPSA) is 130 Å². The van der Waals surface area contributed by atoms with Crippen LogP contribution in [0.3, 0.4) is 0 Å². The molecule has 2 heterocycles. The normalized spacial score (nSPS) is 24.4. The number of urea groups is 1. The highest BCUT2D eigenvalue weighted by molar-refractivity contribution is 6.00. The van der Waals surface area contributed by atoms with Crippen LogP contribution in [-0.2, 0) is 9.63 Å². The minimum Gasteiger partial charge on any atom is -0.733 e. The number of hydrazone groups is 1. The Kier molecular flexibility index (Phi) is 5.25. The fourth-order valence-electron chi connectivity index (χ4n) is 3.81. The van der Waals surface area contributed by atoms with Gasteiger partial charge in [0.25, 0.3) is 5.91 Å². The van der Waals surface area contributed by atoms with Crippen molar-refractivity contribution in [3.63, 3.8) is 0 Å². The SMILES string of the molecule is CON([O-])c1cccc(C2NC(=O)NC(C)=C2C(=O)NC2=CCC3(C)NN=CC3=C2)c1. The van der Waals surface area contributed by atoms with Gasteiger partial charge in [-0.3, -0.25) is 15.1 Å². The van der Waals surface area contributed by atoms with E-state index in [0.717, 1.165) is 5.57 Å². The van der Waals surface area contributed by atoms with Gasteiger partial charge in [0.1, 0.15) is 0 Å². The lowest BCUT2D eigenvalue weighted by Crippen LogP contribution is -2.47. The molecule has 2 aliphatic heterocycles. The highest BCUT2D eigenvalue weighted by atomic mass is 16.9. The molecular formula is C21H23N6O4-. The third-order valence-electron chi connectivity index (χ3n) is 5.55. The van der Waals surface area contributed by atoms with E-state index in [1.54, 1.807) is 37.4 Å². The van der Waals surface area contributed by atoms with Crippen molar-refractivity contribution < 1.29 is 14.4 Å². The minimum atomic E-state index is -0.740. The second-order valence-corrected chi connectivity index (χ2v) is 7.72. The number of hydrogen-bond donors (Lipinski definition) is 4. The maximum Gasteiger partial charge on any atom is 0.319 e. The first-order valence-electron chi connectivity index (χ1n) is 9.74. The molecule has 2 unspecified atom stereocenters. The van der Waals surface area contributed by atoms with E-state index in [1.807, 2.05) is 19.1 Å². The van der Waals surface area contributed by atoms with Crippen LogP contribution in [0.15, 0.2) is 64.1 Å². The number of hydrogen-bond acceptors (Lipinski definition) is 7. The Labute approximate surface area is 179 Å². The van der Waals surface area contributed by atoms with Crippen molar-refractivity contribution in [3.8, 4) is 0 Å². The van der Waals surface area contributed by atoms with Gasteiger partial charge in [-0.2, -0.15) is 5.10 Å². The number of anilines is 1. The summed E-state index contributed by atoms with van der Waals surface area (Å²) in [5, 5.41) is 24.6. The number of fused-ring (bicyclic) bond motifs is 1. The Hall–Kier alpha value is -3.63. The average molecular weight is 423 g/mol. The molecule has 10 heteroatoms. The minimum absolute atomic E-state index is 0.247. The molecule has 1 aromatic carbocycles. The van der Waals surface area contributed by atoms with Crippen LogP contribution in [0, 0.1) is 5.21 Å². The first kappa shape index (κ1) is 20.6. The Morgan fingerprint density at radius 3 is 3.00 bits per heavy atom. The Morgan fingerprint density at radius 1 is 1.42 bits per heavy atom. The van der Waals surface area contributed by atoms with Crippen molar-refractivity contribution in [2.45, 2.75) is 31.8 Å². The molecule has 0 radical (unpaired) electrons. The standard InChI is InChI=1S/C21H23N6O4/c1-12-17(19(28)24-15-7-8-21(2)14(10-15)11-22-26-21)18(25-20(29)23-12)13-5-4-6-16(9-13)27(30)31-3/h4-7,9-11,18,26H,8H2,1-3H3,(H,24,28)(H2,23,25,29)/q-1. The monoisotopic (exact) mass is 423 g/mol. The maximum atomic E-state index is 13.2. The molecule has 3 aliphatic rings. The van der Waals surface area contributed by atoms with Gasteiger partial charge in [-0.05, 0) is 44.0 Å². The van der Waals surface area contributed by atoms with E-state index in [-0.39, 0.29) is 17.1 Å². The molecule has 162 valence electrons. The number of carbonyl (C=O) groups excluding carboxylic acids is 2. The summed E-state index contributed by atoms with van der Waals surface area (Å²) in [4.78, 5) is 30.1. The molecule has 4 rings (SSSR count). The summed E-state index contributed by atoms with van der Waals surface area (Å²) in [5.41, 5.74) is 6.03. The van der Waals surface area contributed by atoms with Crippen LogP contribution in [0.5, 0.6) is 0 Å². The van der Waals surface area contributed by atoms with Crippen LogP contribution >= 0.6 is 0 Å². The first-order valence-corrected chi connectivity index (χ1v) is 9.74. The van der Waals surface area contributed by atoms with E-state index in [9.17, 15) is 14.8 Å². The molecule has 0 spiro atoms. The number of amides is 3. The van der Waals surface area contributed by atoms with Crippen molar-refractivity contribution in [1.29, 1.82) is 0 Å². The number of nitrogens with one attached hydrogen (secondary N) is 4. The van der Waals surface area contributed by atoms with E-state index in [1.165, 1.54) is 7.11 Å². The fourth-order valence-corrected chi connectivity index (χ4v) is 3.81. The van der Waals surface area contributed by atoms with E-state index < -0.39 is 12.1 Å². The number of rotatable bonds is 5. The second kappa shape index (κ2) is 7.89. The summed E-state index contributed by atoms with van der Waals surface area (Å²) in [6.07, 6.45) is 6.21. The lowest BCUT2D eigenvalue weighted by atomic mass is 9.86. The average Bonchev–Trinajstić information content (AvgIpc) is 3.13. The van der Waals surface area contributed by atoms with Crippen LogP contribution in [0.2, 0.25) is 0 Å². The molecule has 1 aromatic rings. The van der Waals surface area contributed by atoms with Gasteiger partial charge < -0.3 is 26.4 Å². The summed E-state index contributed by atoms with van der Waals surface area (Å²) >= 11 is 0. The number of carbonyl (C=O) groups is 2. The number of allylic oxidation sites excluding steroid dienone is 2. The lowest BCUT2D eigenvalue weighted by molar-refractivity contribution is -0.117. The molecule has 0 saturated carbocycles. The van der Waals surface area contributed by atoms with E-state index in [0.29, 0.717) is 34.2 Å². The number of nitrogens with zero attached hydrogens (tertiary/aromatic N) is 2. The largest absolute Gasteiger partial charge is 0.733 e. The highest BCUT2D eigenvalue weighted by Crippen LogP contribution is 2.31. The van der Waals surface area contributed by atoms with Crippen molar-refractivity contribution in [2.75, 3.05) is 12.3 Å². The van der Waals surface area contributed by atoms with Gasteiger partial charge in [-0.1, -0.05) is 18.2 Å². The summed E-state index contributed by atoms with van der Waals surface area (Å²) in [5.74, 6) is -0.360. The first-order chi connectivity index (χ1) is 14.8. The van der Waals surface area contributed by atoms with Gasteiger partial charge in [0.15, 0.2) is 0 Å². The molecule has 31 heavy (non-hydrogen) atoms. The molecule has 0 aromatic heterocycles. The van der Waals surface area contributed by atoms with E-state index in [4.69, 9.17) is 4.84 Å². The highest BCUT2D eigenvalue weighted by Gasteiger charge is 2.35. The van der Waals surface area contributed by atoms with Gasteiger partial charge in [0, 0.05) is 17.0 Å². The molecule has 4 N–H and O–H groups in total. The third kappa shape index (κ3) is 3.90. The van der Waals surface area contributed by atoms with Gasteiger partial charge in [0.2, 0.25) is 0 Å². The van der Waals surface area contributed by atoms with Crippen LogP contribution in [0.25, 0.3) is 0 Å². The molecule has 0 saturated heterocycles. The molecule has 0 bridgehead atoms. The summed E-state index contributed by atoms with van der Waals surface area (Å²) < 4.78 is 0. The van der Waals surface area contributed by atoms with Gasteiger partial charge >= 0.3 is 6.03 Å². The summed E-state index contributed by atoms with van der Waals surface area (Å²) in [7, 11) is 1.26. The summed E-state index contributed by atoms with van der Waals surface area (Å²) in [6, 6.07) is 5.37. The van der Waals surface area contributed by atoms with Crippen LogP contribution in [-0.4, -0.2) is 30.8 Å².